The average Bonchev–Trinajstić information content (AvgIpc) is 2.57. The molecule has 2 N–H and O–H groups in total. The number of amides is 2. The number of carbonyl (C=O) groups excluding carboxylic acids is 2. The summed E-state index contributed by atoms with van der Waals surface area (Å²) in [6.07, 6.45) is 0.200. The highest BCUT2D eigenvalue weighted by Crippen LogP contribution is 2.20. The van der Waals surface area contributed by atoms with Gasteiger partial charge in [0.1, 0.15) is 5.75 Å². The van der Waals surface area contributed by atoms with Gasteiger partial charge in [0.25, 0.3) is 5.91 Å². The molecule has 2 amide bonds. The average molecular weight is 391 g/mol. The third kappa shape index (κ3) is 5.09. The second-order valence-electron chi connectivity index (χ2n) is 5.25. The van der Waals surface area contributed by atoms with E-state index in [1.54, 1.807) is 31.4 Å². The van der Waals surface area contributed by atoms with Crippen LogP contribution in [0.2, 0.25) is 0 Å². The molecular weight excluding hydrogens is 372 g/mol. The highest BCUT2D eigenvalue weighted by molar-refractivity contribution is 9.10. The molecule has 2 aromatic carbocycles. The summed E-state index contributed by atoms with van der Waals surface area (Å²) in [5.41, 5.74) is 2.24. The summed E-state index contributed by atoms with van der Waals surface area (Å²) in [5.74, 6) is 0.235. The van der Waals surface area contributed by atoms with E-state index in [1.165, 1.54) is 0 Å². The van der Waals surface area contributed by atoms with Gasteiger partial charge >= 0.3 is 0 Å². The number of rotatable bonds is 6. The van der Waals surface area contributed by atoms with Crippen LogP contribution in [-0.2, 0) is 4.79 Å². The summed E-state index contributed by atoms with van der Waals surface area (Å²) in [7, 11) is 1.55. The lowest BCUT2D eigenvalue weighted by molar-refractivity contribution is -0.116. The van der Waals surface area contributed by atoms with Crippen LogP contribution in [0.3, 0.4) is 0 Å². The summed E-state index contributed by atoms with van der Waals surface area (Å²) in [4.78, 5) is 24.0. The van der Waals surface area contributed by atoms with Crippen LogP contribution in [0.5, 0.6) is 5.75 Å². The second-order valence-corrected chi connectivity index (χ2v) is 6.16. The number of halogens is 1. The number of benzene rings is 2. The molecule has 6 heteroatoms. The fourth-order valence-corrected chi connectivity index (χ4v) is 2.61. The molecule has 0 aliphatic rings. The van der Waals surface area contributed by atoms with E-state index in [1.807, 2.05) is 25.1 Å². The van der Waals surface area contributed by atoms with E-state index in [0.717, 1.165) is 15.7 Å². The van der Waals surface area contributed by atoms with Crippen molar-refractivity contribution >= 4 is 33.4 Å². The topological polar surface area (TPSA) is 67.4 Å². The largest absolute Gasteiger partial charge is 0.497 e. The lowest BCUT2D eigenvalue weighted by Crippen LogP contribution is -2.27. The Balaban J connectivity index is 1.82. The maximum absolute atomic E-state index is 12.0. The van der Waals surface area contributed by atoms with E-state index in [9.17, 15) is 9.59 Å². The molecule has 2 rings (SSSR count). The monoisotopic (exact) mass is 390 g/mol. The summed E-state index contributed by atoms with van der Waals surface area (Å²) < 4.78 is 6.05. The van der Waals surface area contributed by atoms with Gasteiger partial charge in [0.2, 0.25) is 5.91 Å². The van der Waals surface area contributed by atoms with Crippen molar-refractivity contribution in [1.29, 1.82) is 0 Å². The smallest absolute Gasteiger partial charge is 0.251 e. The van der Waals surface area contributed by atoms with Crippen molar-refractivity contribution in [2.75, 3.05) is 19.0 Å². The van der Waals surface area contributed by atoms with Gasteiger partial charge in [-0.2, -0.15) is 0 Å². The molecule has 0 radical (unpaired) electrons. The zero-order valence-corrected chi connectivity index (χ0v) is 15.1. The Morgan fingerprint density at radius 2 is 1.96 bits per heavy atom. The molecule has 0 aliphatic heterocycles. The van der Waals surface area contributed by atoms with Crippen LogP contribution >= 0.6 is 15.9 Å². The first kappa shape index (κ1) is 18.0. The van der Waals surface area contributed by atoms with Gasteiger partial charge in [0.05, 0.1) is 7.11 Å². The first-order chi connectivity index (χ1) is 11.5. The number of hydrogen-bond acceptors (Lipinski definition) is 3. The summed E-state index contributed by atoms with van der Waals surface area (Å²) in [6.45, 7) is 2.18. The third-order valence-electron chi connectivity index (χ3n) is 3.43. The van der Waals surface area contributed by atoms with Crippen molar-refractivity contribution in [3.05, 3.63) is 58.1 Å². The molecule has 0 heterocycles. The molecule has 0 spiro atoms. The fraction of sp³-hybridized carbons (Fsp3) is 0.222. The van der Waals surface area contributed by atoms with Gasteiger partial charge in [0.15, 0.2) is 0 Å². The Kier molecular flexibility index (Phi) is 6.37. The zero-order chi connectivity index (χ0) is 17.5. The summed E-state index contributed by atoms with van der Waals surface area (Å²) in [6, 6.07) is 12.5. The third-order valence-corrected chi connectivity index (χ3v) is 3.93. The Hall–Kier alpha value is -2.34. The van der Waals surface area contributed by atoms with Crippen LogP contribution in [-0.4, -0.2) is 25.5 Å². The van der Waals surface area contributed by atoms with Crippen LogP contribution in [0.1, 0.15) is 22.3 Å². The van der Waals surface area contributed by atoms with Crippen LogP contribution in [0.4, 0.5) is 5.69 Å². The van der Waals surface area contributed by atoms with Crippen molar-refractivity contribution in [3.8, 4) is 5.75 Å². The maximum atomic E-state index is 12.0. The molecule has 24 heavy (non-hydrogen) atoms. The van der Waals surface area contributed by atoms with E-state index in [0.29, 0.717) is 11.3 Å². The predicted octanol–water partition coefficient (Wildman–Crippen LogP) is 3.52. The van der Waals surface area contributed by atoms with E-state index >= 15 is 0 Å². The van der Waals surface area contributed by atoms with Gasteiger partial charge < -0.3 is 15.4 Å². The summed E-state index contributed by atoms with van der Waals surface area (Å²) in [5, 5.41) is 5.57. The van der Waals surface area contributed by atoms with Crippen molar-refractivity contribution in [2.24, 2.45) is 0 Å². The van der Waals surface area contributed by atoms with E-state index in [2.05, 4.69) is 26.6 Å². The number of anilines is 1. The zero-order valence-electron chi connectivity index (χ0n) is 13.6. The molecule has 0 unspecified atom stereocenters. The Labute approximate surface area is 149 Å². The number of hydrogen-bond donors (Lipinski definition) is 2. The van der Waals surface area contributed by atoms with Gasteiger partial charge in [0, 0.05) is 28.7 Å². The number of carbonyl (C=O) groups is 2. The number of aryl methyl sites for hydroxylation is 1. The van der Waals surface area contributed by atoms with Gasteiger partial charge in [-0.3, -0.25) is 9.59 Å². The van der Waals surface area contributed by atoms with E-state index < -0.39 is 0 Å². The minimum absolute atomic E-state index is 0.147. The minimum Gasteiger partial charge on any atom is -0.497 e. The highest BCUT2D eigenvalue weighted by Gasteiger charge is 2.09. The fourth-order valence-electron chi connectivity index (χ4n) is 2.14. The van der Waals surface area contributed by atoms with Crippen LogP contribution in [0, 0.1) is 6.92 Å². The van der Waals surface area contributed by atoms with Gasteiger partial charge in [-0.1, -0.05) is 22.0 Å². The molecule has 126 valence electrons. The molecule has 0 bridgehead atoms. The number of ether oxygens (including phenoxy) is 1. The lowest BCUT2D eigenvalue weighted by Gasteiger charge is -2.10. The quantitative estimate of drug-likeness (QED) is 0.792. The van der Waals surface area contributed by atoms with E-state index in [4.69, 9.17) is 4.74 Å². The standard InChI is InChI=1S/C18H19BrN2O3/c1-12-10-14(19)6-7-16(12)21-17(22)8-9-20-18(23)13-4-3-5-15(11-13)24-2/h3-7,10-11H,8-9H2,1-2H3,(H,20,23)(H,21,22). The minimum atomic E-state index is -0.235. The van der Waals surface area contributed by atoms with Crippen LogP contribution in [0.15, 0.2) is 46.9 Å². The Morgan fingerprint density at radius 1 is 1.17 bits per heavy atom. The molecule has 0 aliphatic carbocycles. The van der Waals surface area contributed by atoms with Gasteiger partial charge in [-0.05, 0) is 48.9 Å². The van der Waals surface area contributed by atoms with Crippen molar-refractivity contribution in [1.82, 2.24) is 5.32 Å². The van der Waals surface area contributed by atoms with Crippen molar-refractivity contribution in [2.45, 2.75) is 13.3 Å². The Morgan fingerprint density at radius 3 is 2.67 bits per heavy atom. The highest BCUT2D eigenvalue weighted by atomic mass is 79.9. The van der Waals surface area contributed by atoms with Crippen molar-refractivity contribution in [3.63, 3.8) is 0 Å². The van der Waals surface area contributed by atoms with Gasteiger partial charge in [-0.25, -0.2) is 0 Å². The molecule has 2 aromatic rings. The first-order valence-electron chi connectivity index (χ1n) is 7.48. The normalized spacial score (nSPS) is 10.1. The van der Waals surface area contributed by atoms with E-state index in [-0.39, 0.29) is 24.8 Å². The molecule has 0 saturated heterocycles. The van der Waals surface area contributed by atoms with Crippen LogP contribution < -0.4 is 15.4 Å². The SMILES string of the molecule is COc1cccc(C(=O)NCCC(=O)Nc2ccc(Br)cc2C)c1. The molecule has 0 aromatic heterocycles. The maximum Gasteiger partial charge on any atom is 0.251 e. The van der Waals surface area contributed by atoms with Gasteiger partial charge in [-0.15, -0.1) is 0 Å². The van der Waals surface area contributed by atoms with Crippen LogP contribution in [0.25, 0.3) is 0 Å². The predicted molar refractivity (Wildman–Crippen MR) is 97.5 cm³/mol. The second kappa shape index (κ2) is 8.49. The number of nitrogens with one attached hydrogen (secondary N) is 2. The lowest BCUT2D eigenvalue weighted by atomic mass is 10.2. The van der Waals surface area contributed by atoms with Crippen molar-refractivity contribution < 1.29 is 14.3 Å². The molecule has 0 atom stereocenters. The molecule has 5 nitrogen and oxygen atoms in total. The molecule has 0 saturated carbocycles. The summed E-state index contributed by atoms with van der Waals surface area (Å²) >= 11 is 3.38. The number of methoxy groups -OCH3 is 1. The molecular formula is C18H19BrN2O3. The Bertz CT molecular complexity index is 747. The molecule has 0 fully saturated rings. The first-order valence-corrected chi connectivity index (χ1v) is 8.27.